The summed E-state index contributed by atoms with van der Waals surface area (Å²) in [4.78, 5) is 2.68. The Hall–Kier alpha value is -0.120. The smallest absolute Gasteiger partial charge is 0.0706 e. The minimum Gasteiger partial charge on any atom is -0.374 e. The first kappa shape index (κ1) is 14.3. The largest absolute Gasteiger partial charge is 0.374 e. The van der Waals surface area contributed by atoms with Crippen LogP contribution in [-0.2, 0) is 4.74 Å². The van der Waals surface area contributed by atoms with Crippen LogP contribution in [0.4, 0.5) is 0 Å². The molecule has 2 fully saturated rings. The summed E-state index contributed by atoms with van der Waals surface area (Å²) < 4.78 is 5.98. The van der Waals surface area contributed by atoms with Crippen molar-refractivity contribution < 1.29 is 4.74 Å². The fraction of sp³-hybridized carbons (Fsp3) is 1.00. The topological polar surface area (TPSA) is 24.5 Å². The molecular weight excluding hydrogens is 224 g/mol. The van der Waals surface area contributed by atoms with Crippen LogP contribution in [0.3, 0.4) is 0 Å². The van der Waals surface area contributed by atoms with Crippen molar-refractivity contribution in [3.05, 3.63) is 0 Å². The molecule has 0 saturated carbocycles. The zero-order valence-electron chi connectivity index (χ0n) is 12.2. The third-order valence-electron chi connectivity index (χ3n) is 4.31. The fourth-order valence-electron chi connectivity index (χ4n) is 3.26. The predicted octanol–water partition coefficient (Wildman–Crippen LogP) is 2.41. The van der Waals surface area contributed by atoms with Crippen LogP contribution in [-0.4, -0.2) is 49.3 Å². The van der Waals surface area contributed by atoms with Crippen molar-refractivity contribution in [3.63, 3.8) is 0 Å². The Morgan fingerprint density at radius 1 is 1.22 bits per heavy atom. The molecule has 2 aliphatic heterocycles. The summed E-state index contributed by atoms with van der Waals surface area (Å²) in [6.45, 7) is 9.18. The van der Waals surface area contributed by atoms with Crippen LogP contribution in [0.5, 0.6) is 0 Å². The van der Waals surface area contributed by atoms with Gasteiger partial charge in [0.15, 0.2) is 0 Å². The van der Waals surface area contributed by atoms with E-state index in [2.05, 4.69) is 24.1 Å². The van der Waals surface area contributed by atoms with E-state index in [1.807, 2.05) is 0 Å². The summed E-state index contributed by atoms with van der Waals surface area (Å²) >= 11 is 0. The van der Waals surface area contributed by atoms with E-state index in [0.29, 0.717) is 12.2 Å². The molecule has 0 radical (unpaired) electrons. The lowest BCUT2D eigenvalue weighted by Crippen LogP contribution is -2.48. The van der Waals surface area contributed by atoms with E-state index in [4.69, 9.17) is 4.74 Å². The van der Waals surface area contributed by atoms with Gasteiger partial charge in [0.25, 0.3) is 0 Å². The van der Waals surface area contributed by atoms with Crippen LogP contribution >= 0.6 is 0 Å². The molecule has 3 nitrogen and oxygen atoms in total. The van der Waals surface area contributed by atoms with Gasteiger partial charge in [-0.1, -0.05) is 13.3 Å². The van der Waals surface area contributed by atoms with Crippen molar-refractivity contribution in [2.75, 3.05) is 26.2 Å². The van der Waals surface area contributed by atoms with Gasteiger partial charge >= 0.3 is 0 Å². The number of piperidine rings is 1. The average Bonchev–Trinajstić information content (AvgIpc) is 2.77. The van der Waals surface area contributed by atoms with Crippen molar-refractivity contribution in [1.82, 2.24) is 10.2 Å². The van der Waals surface area contributed by atoms with Crippen molar-refractivity contribution in [1.29, 1.82) is 0 Å². The second kappa shape index (κ2) is 7.46. The van der Waals surface area contributed by atoms with Gasteiger partial charge in [-0.2, -0.15) is 0 Å². The number of hydrogen-bond acceptors (Lipinski definition) is 3. The van der Waals surface area contributed by atoms with E-state index < -0.39 is 0 Å². The molecule has 0 aliphatic carbocycles. The highest BCUT2D eigenvalue weighted by Gasteiger charge is 2.28. The molecule has 2 saturated heterocycles. The van der Waals surface area contributed by atoms with Gasteiger partial charge in [-0.15, -0.1) is 0 Å². The summed E-state index contributed by atoms with van der Waals surface area (Å²) in [7, 11) is 0. The highest BCUT2D eigenvalue weighted by molar-refractivity contribution is 4.83. The Balaban J connectivity index is 1.76. The molecule has 0 aromatic carbocycles. The number of nitrogens with one attached hydrogen (secondary N) is 1. The van der Waals surface area contributed by atoms with Crippen molar-refractivity contribution in [2.45, 2.75) is 70.6 Å². The zero-order valence-corrected chi connectivity index (χ0v) is 12.2. The molecule has 106 valence electrons. The normalized spacial score (nSPS) is 34.0. The van der Waals surface area contributed by atoms with E-state index in [0.717, 1.165) is 25.7 Å². The summed E-state index contributed by atoms with van der Waals surface area (Å²) in [5.41, 5.74) is 0. The monoisotopic (exact) mass is 254 g/mol. The Labute approximate surface area is 112 Å². The van der Waals surface area contributed by atoms with E-state index in [9.17, 15) is 0 Å². The van der Waals surface area contributed by atoms with Crippen molar-refractivity contribution in [2.24, 2.45) is 0 Å². The Bertz CT molecular complexity index is 235. The van der Waals surface area contributed by atoms with Crippen molar-refractivity contribution >= 4 is 0 Å². The Kier molecular flexibility index (Phi) is 5.93. The van der Waals surface area contributed by atoms with Gasteiger partial charge < -0.3 is 10.1 Å². The van der Waals surface area contributed by atoms with Gasteiger partial charge in [0.2, 0.25) is 0 Å². The molecule has 3 atom stereocenters. The van der Waals surface area contributed by atoms with Gasteiger partial charge in [0.05, 0.1) is 12.2 Å². The molecule has 0 aromatic rings. The third-order valence-corrected chi connectivity index (χ3v) is 4.31. The highest BCUT2D eigenvalue weighted by Crippen LogP contribution is 2.23. The second-order valence-electron chi connectivity index (χ2n) is 5.99. The lowest BCUT2D eigenvalue weighted by molar-refractivity contribution is 0.0138. The number of ether oxygens (including phenoxy) is 1. The molecule has 0 aromatic heterocycles. The van der Waals surface area contributed by atoms with Crippen LogP contribution in [0.2, 0.25) is 0 Å². The van der Waals surface area contributed by atoms with Crippen LogP contribution < -0.4 is 5.32 Å². The molecule has 18 heavy (non-hydrogen) atoms. The van der Waals surface area contributed by atoms with E-state index in [1.165, 1.54) is 45.1 Å². The van der Waals surface area contributed by atoms with Gasteiger partial charge in [0, 0.05) is 19.1 Å². The Morgan fingerprint density at radius 3 is 2.83 bits per heavy atom. The van der Waals surface area contributed by atoms with Crippen LogP contribution in [0.15, 0.2) is 0 Å². The molecule has 2 heterocycles. The zero-order chi connectivity index (χ0) is 12.8. The highest BCUT2D eigenvalue weighted by atomic mass is 16.5. The van der Waals surface area contributed by atoms with E-state index in [1.54, 1.807) is 0 Å². The van der Waals surface area contributed by atoms with Crippen LogP contribution in [0, 0.1) is 0 Å². The lowest BCUT2D eigenvalue weighted by Gasteiger charge is -2.37. The minimum absolute atomic E-state index is 0.483. The molecule has 1 N–H and O–H groups in total. The van der Waals surface area contributed by atoms with Gasteiger partial charge in [-0.05, 0) is 52.1 Å². The molecule has 2 rings (SSSR count). The molecule has 3 heteroatoms. The summed E-state index contributed by atoms with van der Waals surface area (Å²) in [5, 5.41) is 3.59. The van der Waals surface area contributed by atoms with E-state index >= 15 is 0 Å². The van der Waals surface area contributed by atoms with Crippen LogP contribution in [0.25, 0.3) is 0 Å². The van der Waals surface area contributed by atoms with Gasteiger partial charge in [-0.25, -0.2) is 0 Å². The summed E-state index contributed by atoms with van der Waals surface area (Å²) in [5.74, 6) is 0. The van der Waals surface area contributed by atoms with Gasteiger partial charge in [0.1, 0.15) is 0 Å². The summed E-state index contributed by atoms with van der Waals surface area (Å²) in [6, 6.07) is 0.741. The maximum atomic E-state index is 5.98. The fourth-order valence-corrected chi connectivity index (χ4v) is 3.26. The number of hydrogen-bond donors (Lipinski definition) is 1. The molecule has 3 unspecified atom stereocenters. The average molecular weight is 254 g/mol. The number of nitrogens with zero attached hydrogens (tertiary/aromatic N) is 1. The Morgan fingerprint density at radius 2 is 2.11 bits per heavy atom. The first-order valence-corrected chi connectivity index (χ1v) is 7.89. The SMILES string of the molecule is CCCNCC1CCCCN1CC1CCC(C)O1. The third kappa shape index (κ3) is 4.22. The predicted molar refractivity (Wildman–Crippen MR) is 75.9 cm³/mol. The molecule has 2 aliphatic rings. The minimum atomic E-state index is 0.483. The maximum Gasteiger partial charge on any atom is 0.0706 e. The quantitative estimate of drug-likeness (QED) is 0.737. The van der Waals surface area contributed by atoms with E-state index in [-0.39, 0.29) is 0 Å². The van der Waals surface area contributed by atoms with Gasteiger partial charge in [-0.3, -0.25) is 4.90 Å². The first-order chi connectivity index (χ1) is 8.79. The molecule has 0 bridgehead atoms. The number of rotatable bonds is 6. The molecule has 0 spiro atoms. The molecule has 0 amide bonds. The van der Waals surface area contributed by atoms with Crippen molar-refractivity contribution in [3.8, 4) is 0 Å². The number of likely N-dealkylation sites (tertiary alicyclic amines) is 1. The second-order valence-corrected chi connectivity index (χ2v) is 5.99. The van der Waals surface area contributed by atoms with Crippen LogP contribution in [0.1, 0.15) is 52.4 Å². The standard InChI is InChI=1S/C15H30N2O/c1-3-9-16-11-14-6-4-5-10-17(14)12-15-8-7-13(2)18-15/h13-16H,3-12H2,1-2H3. The summed E-state index contributed by atoms with van der Waals surface area (Å²) in [6.07, 6.45) is 8.84. The maximum absolute atomic E-state index is 5.98. The molecular formula is C15H30N2O. The lowest BCUT2D eigenvalue weighted by atomic mass is 10.0. The first-order valence-electron chi connectivity index (χ1n) is 7.89.